The molecule has 2 aliphatic rings. The number of fused-ring (bicyclic) bond motifs is 1. The Morgan fingerprint density at radius 1 is 1.14 bits per heavy atom. The Morgan fingerprint density at radius 2 is 1.93 bits per heavy atom. The van der Waals surface area contributed by atoms with Gasteiger partial charge in [0, 0.05) is 23.7 Å². The number of amides is 2. The Labute approximate surface area is 167 Å². The Bertz CT molecular complexity index is 948. The molecule has 0 aliphatic carbocycles. The van der Waals surface area contributed by atoms with Gasteiger partial charge >= 0.3 is 0 Å². The van der Waals surface area contributed by atoms with Gasteiger partial charge in [-0.25, -0.2) is 0 Å². The fourth-order valence-corrected chi connectivity index (χ4v) is 3.62. The second kappa shape index (κ2) is 7.24. The summed E-state index contributed by atoms with van der Waals surface area (Å²) in [5, 5.41) is 0.509. The minimum absolute atomic E-state index is 0.141. The van der Waals surface area contributed by atoms with Gasteiger partial charge in [-0.2, -0.15) is 0 Å². The summed E-state index contributed by atoms with van der Waals surface area (Å²) in [5.41, 5.74) is 1.06. The van der Waals surface area contributed by atoms with Crippen molar-refractivity contribution in [1.29, 1.82) is 0 Å². The number of piperazine rings is 1. The number of methoxy groups -OCH3 is 1. The number of hydrogen-bond acceptors (Lipinski definition) is 5. The van der Waals surface area contributed by atoms with Crippen LogP contribution in [0.3, 0.4) is 0 Å². The zero-order valence-corrected chi connectivity index (χ0v) is 16.2. The maximum absolute atomic E-state index is 13.0. The van der Waals surface area contributed by atoms with Crippen molar-refractivity contribution in [3.8, 4) is 17.2 Å². The van der Waals surface area contributed by atoms with E-state index in [4.69, 9.17) is 25.8 Å². The fraction of sp³-hybridized carbons (Fsp3) is 0.300. The molecule has 2 aromatic rings. The Kier molecular flexibility index (Phi) is 4.77. The molecule has 1 saturated heterocycles. The molecule has 0 spiro atoms. The van der Waals surface area contributed by atoms with Crippen LogP contribution in [0.2, 0.25) is 5.02 Å². The molecule has 1 atom stereocenters. The summed E-state index contributed by atoms with van der Waals surface area (Å²) >= 11 is 6.10. The van der Waals surface area contributed by atoms with Gasteiger partial charge < -0.3 is 24.0 Å². The summed E-state index contributed by atoms with van der Waals surface area (Å²) in [6.07, 6.45) is 0. The van der Waals surface area contributed by atoms with Crippen molar-refractivity contribution in [2.45, 2.75) is 13.0 Å². The number of nitrogens with zero attached hydrogens (tertiary/aromatic N) is 2. The van der Waals surface area contributed by atoms with E-state index in [1.807, 2.05) is 0 Å². The van der Waals surface area contributed by atoms with Crippen LogP contribution in [0.1, 0.15) is 17.3 Å². The van der Waals surface area contributed by atoms with Crippen LogP contribution in [0.5, 0.6) is 17.2 Å². The number of anilines is 1. The van der Waals surface area contributed by atoms with Crippen LogP contribution in [-0.4, -0.2) is 49.7 Å². The number of carbonyl (C=O) groups is 2. The highest BCUT2D eigenvalue weighted by molar-refractivity contribution is 6.31. The van der Waals surface area contributed by atoms with Gasteiger partial charge in [0.1, 0.15) is 11.8 Å². The van der Waals surface area contributed by atoms with Gasteiger partial charge in [0.05, 0.1) is 12.8 Å². The molecule has 1 fully saturated rings. The summed E-state index contributed by atoms with van der Waals surface area (Å²) < 4.78 is 16.0. The van der Waals surface area contributed by atoms with E-state index in [9.17, 15) is 9.59 Å². The van der Waals surface area contributed by atoms with Crippen molar-refractivity contribution in [3.05, 3.63) is 47.0 Å². The summed E-state index contributed by atoms with van der Waals surface area (Å²) in [4.78, 5) is 29.2. The Hall–Kier alpha value is -2.93. The Morgan fingerprint density at radius 3 is 2.71 bits per heavy atom. The SMILES string of the molecule is COc1ccc(Cl)cc1N1CCN(C(=O)c2ccc3c(c2)OCO3)C(C)C1=O. The summed E-state index contributed by atoms with van der Waals surface area (Å²) in [6.45, 7) is 2.59. The molecule has 146 valence electrons. The van der Waals surface area contributed by atoms with Crippen molar-refractivity contribution in [3.63, 3.8) is 0 Å². The van der Waals surface area contributed by atoms with E-state index >= 15 is 0 Å². The van der Waals surface area contributed by atoms with E-state index in [1.54, 1.807) is 60.2 Å². The summed E-state index contributed by atoms with van der Waals surface area (Å²) in [7, 11) is 1.54. The average molecular weight is 403 g/mol. The smallest absolute Gasteiger partial charge is 0.254 e. The number of rotatable bonds is 3. The average Bonchev–Trinajstić information content (AvgIpc) is 3.17. The number of hydrogen-bond donors (Lipinski definition) is 0. The number of benzene rings is 2. The van der Waals surface area contributed by atoms with Crippen molar-refractivity contribution >= 4 is 29.1 Å². The van der Waals surface area contributed by atoms with Gasteiger partial charge in [0.2, 0.25) is 12.7 Å². The largest absolute Gasteiger partial charge is 0.495 e. The minimum atomic E-state index is -0.629. The van der Waals surface area contributed by atoms with E-state index in [0.29, 0.717) is 46.6 Å². The highest BCUT2D eigenvalue weighted by Gasteiger charge is 2.36. The highest BCUT2D eigenvalue weighted by Crippen LogP contribution is 2.35. The molecule has 7 nitrogen and oxygen atoms in total. The molecule has 0 radical (unpaired) electrons. The predicted molar refractivity (Wildman–Crippen MR) is 103 cm³/mol. The third-order valence-corrected chi connectivity index (χ3v) is 5.20. The van der Waals surface area contributed by atoms with Crippen LogP contribution in [0.25, 0.3) is 0 Å². The molecule has 2 amide bonds. The first kappa shape index (κ1) is 18.4. The van der Waals surface area contributed by atoms with Crippen molar-refractivity contribution in [2.24, 2.45) is 0 Å². The van der Waals surface area contributed by atoms with Crippen molar-refractivity contribution in [2.75, 3.05) is 31.9 Å². The van der Waals surface area contributed by atoms with Crippen LogP contribution in [-0.2, 0) is 4.79 Å². The second-order valence-electron chi connectivity index (χ2n) is 6.55. The first-order valence-electron chi connectivity index (χ1n) is 8.85. The van der Waals surface area contributed by atoms with E-state index in [0.717, 1.165) is 0 Å². The maximum atomic E-state index is 13.0. The molecule has 8 heteroatoms. The van der Waals surface area contributed by atoms with E-state index < -0.39 is 6.04 Å². The van der Waals surface area contributed by atoms with E-state index in [1.165, 1.54) is 0 Å². The highest BCUT2D eigenvalue weighted by atomic mass is 35.5. The summed E-state index contributed by atoms with van der Waals surface area (Å²) in [6, 6.07) is 9.52. The van der Waals surface area contributed by atoms with Crippen LogP contribution in [0, 0.1) is 0 Å². The van der Waals surface area contributed by atoms with E-state index in [-0.39, 0.29) is 18.6 Å². The molecule has 2 aliphatic heterocycles. The topological polar surface area (TPSA) is 68.3 Å². The lowest BCUT2D eigenvalue weighted by molar-refractivity contribution is -0.124. The van der Waals surface area contributed by atoms with E-state index in [2.05, 4.69) is 0 Å². The molecule has 0 N–H and O–H groups in total. The van der Waals surface area contributed by atoms with Gasteiger partial charge in [0.15, 0.2) is 11.5 Å². The third-order valence-electron chi connectivity index (χ3n) is 4.97. The normalized spacial score (nSPS) is 18.4. The molecule has 2 aromatic carbocycles. The number of carbonyl (C=O) groups excluding carboxylic acids is 2. The maximum Gasteiger partial charge on any atom is 0.254 e. The molecule has 2 heterocycles. The lowest BCUT2D eigenvalue weighted by Crippen LogP contribution is -2.57. The minimum Gasteiger partial charge on any atom is -0.495 e. The first-order valence-corrected chi connectivity index (χ1v) is 9.23. The summed E-state index contributed by atoms with van der Waals surface area (Å²) in [5.74, 6) is 1.28. The first-order chi connectivity index (χ1) is 13.5. The number of ether oxygens (including phenoxy) is 3. The molecular formula is C20H19ClN2O5. The fourth-order valence-electron chi connectivity index (χ4n) is 3.46. The molecule has 28 heavy (non-hydrogen) atoms. The number of halogens is 1. The van der Waals surface area contributed by atoms with Crippen LogP contribution < -0.4 is 19.1 Å². The molecule has 4 rings (SSSR count). The van der Waals surface area contributed by atoms with Crippen molar-refractivity contribution in [1.82, 2.24) is 4.90 Å². The Balaban J connectivity index is 1.57. The lowest BCUT2D eigenvalue weighted by Gasteiger charge is -2.39. The molecular weight excluding hydrogens is 384 g/mol. The quantitative estimate of drug-likeness (QED) is 0.789. The van der Waals surface area contributed by atoms with Crippen molar-refractivity contribution < 1.29 is 23.8 Å². The molecule has 0 aromatic heterocycles. The monoisotopic (exact) mass is 402 g/mol. The predicted octanol–water partition coefficient (Wildman–Crippen LogP) is 2.95. The van der Waals surface area contributed by atoms with Gasteiger partial charge in [-0.1, -0.05) is 11.6 Å². The molecule has 0 saturated carbocycles. The molecule has 1 unspecified atom stereocenters. The standard InChI is InChI=1S/C20H19ClN2O5/c1-12-19(24)23(15-10-14(21)4-6-16(15)26-2)8-7-22(12)20(25)13-3-5-17-18(9-13)28-11-27-17/h3-6,9-10,12H,7-8,11H2,1-2H3. The van der Waals surface area contributed by atoms with Crippen LogP contribution >= 0.6 is 11.6 Å². The lowest BCUT2D eigenvalue weighted by atomic mass is 10.1. The van der Waals surface area contributed by atoms with Crippen LogP contribution in [0.4, 0.5) is 5.69 Å². The van der Waals surface area contributed by atoms with Gasteiger partial charge in [-0.05, 0) is 43.3 Å². The van der Waals surface area contributed by atoms with Gasteiger partial charge in [-0.3, -0.25) is 9.59 Å². The third kappa shape index (κ3) is 3.11. The van der Waals surface area contributed by atoms with Gasteiger partial charge in [-0.15, -0.1) is 0 Å². The van der Waals surface area contributed by atoms with Crippen LogP contribution in [0.15, 0.2) is 36.4 Å². The second-order valence-corrected chi connectivity index (χ2v) is 6.99. The zero-order chi connectivity index (χ0) is 19.8. The molecule has 0 bridgehead atoms. The zero-order valence-electron chi connectivity index (χ0n) is 15.5. The van der Waals surface area contributed by atoms with Gasteiger partial charge in [0.25, 0.3) is 5.91 Å².